The van der Waals surface area contributed by atoms with Crippen LogP contribution in [0.1, 0.15) is 23.4 Å². The molecule has 1 aliphatic heterocycles. The van der Waals surface area contributed by atoms with E-state index >= 15 is 0 Å². The van der Waals surface area contributed by atoms with E-state index in [1.807, 2.05) is 0 Å². The van der Waals surface area contributed by atoms with E-state index in [1.165, 1.54) is 29.8 Å². The topological polar surface area (TPSA) is 98.9 Å². The first kappa shape index (κ1) is 19.0. The number of amides is 1. The number of hydrogen-bond donors (Lipinski definition) is 0. The van der Waals surface area contributed by atoms with E-state index < -0.39 is 5.97 Å². The second kappa shape index (κ2) is 8.70. The Bertz CT molecular complexity index is 677. The van der Waals surface area contributed by atoms with Crippen molar-refractivity contribution in [2.24, 2.45) is 0 Å². The van der Waals surface area contributed by atoms with Crippen molar-refractivity contribution in [2.45, 2.75) is 26.7 Å². The molecule has 0 atom stereocenters. The molecule has 0 spiro atoms. The van der Waals surface area contributed by atoms with Crippen LogP contribution < -0.4 is 0 Å². The summed E-state index contributed by atoms with van der Waals surface area (Å²) in [6.45, 7) is 4.06. The van der Waals surface area contributed by atoms with Crippen LogP contribution in [-0.4, -0.2) is 53.9 Å². The van der Waals surface area contributed by atoms with Crippen molar-refractivity contribution in [3.63, 3.8) is 0 Å². The van der Waals surface area contributed by atoms with E-state index in [1.54, 1.807) is 13.8 Å². The van der Waals surface area contributed by atoms with Gasteiger partial charge in [-0.3, -0.25) is 9.59 Å². The number of aryl methyl sites for hydroxylation is 2. The van der Waals surface area contributed by atoms with Crippen LogP contribution in [0.5, 0.6) is 0 Å². The zero-order valence-electron chi connectivity index (χ0n) is 14.4. The van der Waals surface area contributed by atoms with Gasteiger partial charge in [-0.2, -0.15) is 0 Å². The molecule has 0 aliphatic carbocycles. The van der Waals surface area contributed by atoms with E-state index in [4.69, 9.17) is 9.26 Å². The van der Waals surface area contributed by atoms with Crippen molar-refractivity contribution >= 4 is 29.6 Å². The number of carbonyl (C=O) groups excluding carboxylic acids is 3. The predicted molar refractivity (Wildman–Crippen MR) is 89.5 cm³/mol. The fraction of sp³-hybridized carbons (Fsp3) is 0.500. The zero-order valence-corrected chi connectivity index (χ0v) is 15.2. The fourth-order valence-electron chi connectivity index (χ4n) is 2.29. The highest BCUT2D eigenvalue weighted by Gasteiger charge is 2.27. The van der Waals surface area contributed by atoms with Crippen LogP contribution in [0.4, 0.5) is 0 Å². The lowest BCUT2D eigenvalue weighted by Gasteiger charge is -2.16. The number of esters is 2. The van der Waals surface area contributed by atoms with Gasteiger partial charge in [-0.15, -0.1) is 0 Å². The molecular weight excluding hydrogens is 348 g/mol. The summed E-state index contributed by atoms with van der Waals surface area (Å²) >= 11 is 1.28. The molecule has 9 heteroatoms. The minimum absolute atomic E-state index is 0.0813. The SMILES string of the molecule is COC(=O)/C=C1/SCC(=O)N1CCCOC(=O)Cc1c(C)noc1C. The summed E-state index contributed by atoms with van der Waals surface area (Å²) in [6, 6.07) is 0. The molecular formula is C16H20N2O6S. The van der Waals surface area contributed by atoms with Crippen LogP contribution >= 0.6 is 11.8 Å². The minimum Gasteiger partial charge on any atom is -0.466 e. The van der Waals surface area contributed by atoms with E-state index in [0.29, 0.717) is 29.4 Å². The molecule has 0 saturated carbocycles. The van der Waals surface area contributed by atoms with Crippen LogP contribution in [-0.2, 0) is 30.3 Å². The molecule has 25 heavy (non-hydrogen) atoms. The molecule has 1 aromatic rings. The number of carbonyl (C=O) groups is 3. The van der Waals surface area contributed by atoms with Crippen LogP contribution in [0.3, 0.4) is 0 Å². The quantitative estimate of drug-likeness (QED) is 0.404. The maximum absolute atomic E-state index is 11.9. The van der Waals surface area contributed by atoms with E-state index in [-0.39, 0.29) is 30.7 Å². The van der Waals surface area contributed by atoms with Gasteiger partial charge in [0.25, 0.3) is 0 Å². The third-order valence-corrected chi connectivity index (χ3v) is 4.67. The van der Waals surface area contributed by atoms with Crippen LogP contribution in [0.25, 0.3) is 0 Å². The van der Waals surface area contributed by atoms with Gasteiger partial charge in [0.05, 0.1) is 42.7 Å². The Morgan fingerprint density at radius 2 is 2.16 bits per heavy atom. The molecule has 2 heterocycles. The molecule has 1 aliphatic rings. The van der Waals surface area contributed by atoms with E-state index in [0.717, 1.165) is 5.56 Å². The number of rotatable bonds is 7. The van der Waals surface area contributed by atoms with Gasteiger partial charge in [0, 0.05) is 12.1 Å². The molecule has 0 radical (unpaired) electrons. The summed E-state index contributed by atoms with van der Waals surface area (Å²) in [5, 5.41) is 4.35. The molecule has 1 amide bonds. The van der Waals surface area contributed by atoms with Gasteiger partial charge in [0.1, 0.15) is 5.76 Å². The summed E-state index contributed by atoms with van der Waals surface area (Å²) in [4.78, 5) is 36.5. The first-order valence-corrected chi connectivity index (χ1v) is 8.71. The van der Waals surface area contributed by atoms with Gasteiger partial charge in [-0.1, -0.05) is 16.9 Å². The predicted octanol–water partition coefficient (Wildman–Crippen LogP) is 1.36. The molecule has 1 saturated heterocycles. The van der Waals surface area contributed by atoms with Crippen molar-refractivity contribution in [2.75, 3.05) is 26.0 Å². The molecule has 0 unspecified atom stereocenters. The first-order chi connectivity index (χ1) is 11.9. The van der Waals surface area contributed by atoms with E-state index in [2.05, 4.69) is 9.89 Å². The maximum Gasteiger partial charge on any atom is 0.333 e. The van der Waals surface area contributed by atoms with Gasteiger partial charge in [0.2, 0.25) is 5.91 Å². The number of ether oxygens (including phenoxy) is 2. The number of aromatic nitrogens is 1. The largest absolute Gasteiger partial charge is 0.466 e. The second-order valence-electron chi connectivity index (χ2n) is 5.39. The number of methoxy groups -OCH3 is 1. The highest BCUT2D eigenvalue weighted by Crippen LogP contribution is 2.28. The van der Waals surface area contributed by atoms with Gasteiger partial charge in [0.15, 0.2) is 0 Å². The Kier molecular flexibility index (Phi) is 6.63. The average molecular weight is 368 g/mol. The molecule has 1 aromatic heterocycles. The third-order valence-electron chi connectivity index (χ3n) is 3.64. The van der Waals surface area contributed by atoms with Gasteiger partial charge < -0.3 is 18.9 Å². The average Bonchev–Trinajstić information content (AvgIpc) is 3.08. The van der Waals surface area contributed by atoms with Gasteiger partial charge in [-0.05, 0) is 20.3 Å². The highest BCUT2D eigenvalue weighted by molar-refractivity contribution is 8.04. The smallest absolute Gasteiger partial charge is 0.333 e. The van der Waals surface area contributed by atoms with Crippen molar-refractivity contribution < 1.29 is 28.4 Å². The Labute approximate surface area is 149 Å². The molecule has 0 bridgehead atoms. The van der Waals surface area contributed by atoms with Crippen molar-refractivity contribution in [3.05, 3.63) is 28.1 Å². The number of nitrogens with zero attached hydrogens (tertiary/aromatic N) is 2. The molecule has 0 N–H and O–H groups in total. The van der Waals surface area contributed by atoms with Crippen LogP contribution in [0.15, 0.2) is 15.6 Å². The fourth-order valence-corrected chi connectivity index (χ4v) is 3.24. The van der Waals surface area contributed by atoms with Crippen molar-refractivity contribution in [1.29, 1.82) is 0 Å². The molecule has 8 nitrogen and oxygen atoms in total. The Balaban J connectivity index is 1.78. The van der Waals surface area contributed by atoms with Crippen molar-refractivity contribution in [3.8, 4) is 0 Å². The van der Waals surface area contributed by atoms with Crippen LogP contribution in [0, 0.1) is 13.8 Å². The number of hydrogen-bond acceptors (Lipinski definition) is 8. The van der Waals surface area contributed by atoms with Crippen molar-refractivity contribution in [1.82, 2.24) is 10.1 Å². The first-order valence-electron chi connectivity index (χ1n) is 7.72. The molecule has 136 valence electrons. The maximum atomic E-state index is 11.9. The minimum atomic E-state index is -0.506. The summed E-state index contributed by atoms with van der Waals surface area (Å²) in [5.41, 5.74) is 1.41. The second-order valence-corrected chi connectivity index (χ2v) is 6.39. The lowest BCUT2D eigenvalue weighted by atomic mass is 10.1. The Morgan fingerprint density at radius 1 is 1.40 bits per heavy atom. The van der Waals surface area contributed by atoms with Crippen LogP contribution in [0.2, 0.25) is 0 Å². The Hall–Kier alpha value is -2.29. The molecule has 2 rings (SSSR count). The zero-order chi connectivity index (χ0) is 18.4. The third kappa shape index (κ3) is 5.09. The Morgan fingerprint density at radius 3 is 2.80 bits per heavy atom. The molecule has 1 fully saturated rings. The lowest BCUT2D eigenvalue weighted by molar-refractivity contribution is -0.143. The lowest BCUT2D eigenvalue weighted by Crippen LogP contribution is -2.27. The molecule has 0 aromatic carbocycles. The normalized spacial score (nSPS) is 15.7. The summed E-state index contributed by atoms with van der Waals surface area (Å²) in [6.07, 6.45) is 1.87. The van der Waals surface area contributed by atoms with E-state index in [9.17, 15) is 14.4 Å². The summed E-state index contributed by atoms with van der Waals surface area (Å²) in [5.74, 6) is -0.0712. The van der Waals surface area contributed by atoms with Gasteiger partial charge >= 0.3 is 11.9 Å². The standard InChI is InChI=1S/C16H20N2O6S/c1-10-12(11(2)24-17-10)7-16(21)23-6-4-5-18-13(19)9-25-14(18)8-15(20)22-3/h8H,4-7,9H2,1-3H3/b14-8+. The number of thioether (sulfide) groups is 1. The summed E-state index contributed by atoms with van der Waals surface area (Å²) in [7, 11) is 1.28. The highest BCUT2D eigenvalue weighted by atomic mass is 32.2. The summed E-state index contributed by atoms with van der Waals surface area (Å²) < 4.78 is 14.8. The van der Waals surface area contributed by atoms with Gasteiger partial charge in [-0.25, -0.2) is 4.79 Å². The monoisotopic (exact) mass is 368 g/mol.